The van der Waals surface area contributed by atoms with Gasteiger partial charge in [0.25, 0.3) is 5.91 Å². The van der Waals surface area contributed by atoms with Crippen LogP contribution in [-0.2, 0) is 21.2 Å². The monoisotopic (exact) mass is 627 g/mol. The number of aliphatic hydroxyl groups excluding tert-OH is 1. The molecule has 0 aliphatic carbocycles. The van der Waals surface area contributed by atoms with Crippen molar-refractivity contribution >= 4 is 39.5 Å². The maximum Gasteiger partial charge on any atom is 0.410 e. The summed E-state index contributed by atoms with van der Waals surface area (Å²) < 4.78 is 30.8. The van der Waals surface area contributed by atoms with Crippen LogP contribution in [-0.4, -0.2) is 60.6 Å². The number of hydrogen-bond acceptors (Lipinski definition) is 8. The summed E-state index contributed by atoms with van der Waals surface area (Å²) in [6.45, 7) is 9.91. The molecule has 11 heteroatoms. The van der Waals surface area contributed by atoms with E-state index in [4.69, 9.17) is 10.5 Å². The Bertz CT molecular complexity index is 1520. The number of hydrogen-bond donors (Lipinski definition) is 3. The number of nitrogens with zero attached hydrogens (tertiary/aromatic N) is 1. The summed E-state index contributed by atoms with van der Waals surface area (Å²) in [6, 6.07) is 20.0. The summed E-state index contributed by atoms with van der Waals surface area (Å²) in [5.41, 5.74) is 9.53. The Morgan fingerprint density at radius 3 is 2.16 bits per heavy atom. The molecule has 0 saturated heterocycles. The highest BCUT2D eigenvalue weighted by atomic mass is 32.2. The summed E-state index contributed by atoms with van der Waals surface area (Å²) in [7, 11) is -3.69. The van der Waals surface area contributed by atoms with Crippen LogP contribution in [0.5, 0.6) is 0 Å². The number of rotatable bonds is 11. The molecule has 0 spiro atoms. The Hall–Kier alpha value is -3.54. The Balaban J connectivity index is 1.65. The minimum atomic E-state index is -3.69. The van der Waals surface area contributed by atoms with Crippen LogP contribution in [0, 0.1) is 0 Å². The number of nitrogens with two attached hydrogens (primary N) is 1. The van der Waals surface area contributed by atoms with Crippen molar-refractivity contribution in [2.24, 2.45) is 0 Å². The highest BCUT2D eigenvalue weighted by molar-refractivity contribution is 8.00. The minimum absolute atomic E-state index is 0.0761. The van der Waals surface area contributed by atoms with Gasteiger partial charge in [0.1, 0.15) is 0 Å². The van der Waals surface area contributed by atoms with Gasteiger partial charge in [0.05, 0.1) is 31.1 Å². The summed E-state index contributed by atoms with van der Waals surface area (Å²) >= 11 is 1.48. The lowest BCUT2D eigenvalue weighted by atomic mass is 10.0. The second-order valence-corrected chi connectivity index (χ2v) is 15.0. The zero-order valence-corrected chi connectivity index (χ0v) is 27.1. The van der Waals surface area contributed by atoms with Crippen molar-refractivity contribution in [3.63, 3.8) is 0 Å². The molecule has 0 saturated carbocycles. The van der Waals surface area contributed by atoms with Gasteiger partial charge in [0, 0.05) is 27.8 Å². The van der Waals surface area contributed by atoms with Crippen molar-refractivity contribution in [2.75, 3.05) is 25.1 Å². The van der Waals surface area contributed by atoms with Crippen LogP contribution in [0.3, 0.4) is 0 Å². The van der Waals surface area contributed by atoms with E-state index in [1.165, 1.54) is 16.7 Å². The predicted octanol–water partition coefficient (Wildman–Crippen LogP) is 5.64. The number of benzene rings is 3. The molecule has 1 atom stereocenters. The number of aliphatic hydroxyl groups is 1. The van der Waals surface area contributed by atoms with Crippen LogP contribution < -0.4 is 10.5 Å². The average Bonchev–Trinajstić information content (AvgIpc) is 2.90. The SMILES string of the molecule is CC(C)Sc1cc(-c2ccc(CCOC(=O)N(C[C@H](O)c3ccc(N)cc3)C(C)(C)C)cc2)ccc1C(=O)NS(C)(=O)=O. The van der Waals surface area contributed by atoms with Crippen molar-refractivity contribution in [2.45, 2.75) is 62.8 Å². The number of carbonyl (C=O) groups excluding carboxylic acids is 2. The van der Waals surface area contributed by atoms with Gasteiger partial charge in [-0.15, -0.1) is 11.8 Å². The molecule has 0 aromatic heterocycles. The van der Waals surface area contributed by atoms with E-state index in [-0.39, 0.29) is 18.4 Å². The molecular weight excluding hydrogens is 587 g/mol. The minimum Gasteiger partial charge on any atom is -0.449 e. The lowest BCUT2D eigenvalue weighted by molar-refractivity contribution is 0.0368. The van der Waals surface area contributed by atoms with E-state index in [1.807, 2.05) is 69.7 Å². The molecule has 0 unspecified atom stereocenters. The first-order valence-corrected chi connectivity index (χ1v) is 16.7. The van der Waals surface area contributed by atoms with Gasteiger partial charge in [-0.25, -0.2) is 17.9 Å². The number of nitrogen functional groups attached to an aromatic ring is 1. The molecule has 232 valence electrons. The molecule has 3 aromatic carbocycles. The number of sulfonamides is 1. The first-order chi connectivity index (χ1) is 20.0. The Morgan fingerprint density at radius 2 is 1.60 bits per heavy atom. The van der Waals surface area contributed by atoms with Gasteiger partial charge >= 0.3 is 6.09 Å². The number of thioether (sulfide) groups is 1. The van der Waals surface area contributed by atoms with Gasteiger partial charge in [-0.1, -0.05) is 56.3 Å². The third-order valence-corrected chi connectivity index (χ3v) is 8.10. The predicted molar refractivity (Wildman–Crippen MR) is 173 cm³/mol. The fourth-order valence-corrected chi connectivity index (χ4v) is 5.72. The van der Waals surface area contributed by atoms with E-state index < -0.39 is 33.7 Å². The van der Waals surface area contributed by atoms with Gasteiger partial charge < -0.3 is 20.5 Å². The molecule has 3 rings (SSSR count). The summed E-state index contributed by atoms with van der Waals surface area (Å²) in [5, 5.41) is 10.9. The van der Waals surface area contributed by atoms with Gasteiger partial charge in [-0.05, 0) is 67.3 Å². The lowest BCUT2D eigenvalue weighted by Gasteiger charge is -2.36. The number of carbonyl (C=O) groups is 2. The highest BCUT2D eigenvalue weighted by Gasteiger charge is 2.30. The molecule has 9 nitrogen and oxygen atoms in total. The topological polar surface area (TPSA) is 139 Å². The quantitative estimate of drug-likeness (QED) is 0.183. The summed E-state index contributed by atoms with van der Waals surface area (Å²) in [5.74, 6) is -0.660. The van der Waals surface area contributed by atoms with E-state index in [9.17, 15) is 23.1 Å². The number of nitrogens with one attached hydrogen (secondary N) is 1. The van der Waals surface area contributed by atoms with Gasteiger partial charge in [-0.3, -0.25) is 4.79 Å². The average molecular weight is 628 g/mol. The van der Waals surface area contributed by atoms with Crippen molar-refractivity contribution in [3.8, 4) is 11.1 Å². The fourth-order valence-electron chi connectivity index (χ4n) is 4.28. The van der Waals surface area contributed by atoms with Crippen molar-refractivity contribution in [1.82, 2.24) is 9.62 Å². The molecule has 43 heavy (non-hydrogen) atoms. The molecule has 2 amide bonds. The number of amides is 2. The van der Waals surface area contributed by atoms with Gasteiger partial charge in [-0.2, -0.15) is 0 Å². The zero-order valence-electron chi connectivity index (χ0n) is 25.5. The number of β-amino-alcohol motifs (C(OH)–C–C–N with tert-alkyl or cyclic N) is 1. The normalized spacial score (nSPS) is 12.6. The fraction of sp³-hybridized carbons (Fsp3) is 0.375. The largest absolute Gasteiger partial charge is 0.449 e. The molecule has 0 fully saturated rings. The third kappa shape index (κ3) is 10.3. The summed E-state index contributed by atoms with van der Waals surface area (Å²) in [4.78, 5) is 27.8. The van der Waals surface area contributed by atoms with Crippen molar-refractivity contribution in [3.05, 3.63) is 83.4 Å². The van der Waals surface area contributed by atoms with Crippen LogP contribution in [0.15, 0.2) is 71.6 Å². The molecule has 3 aromatic rings. The van der Waals surface area contributed by atoms with Gasteiger partial charge in [0.2, 0.25) is 10.0 Å². The second kappa shape index (κ2) is 14.3. The second-order valence-electron chi connectivity index (χ2n) is 11.6. The van der Waals surface area contributed by atoms with Crippen LogP contribution in [0.1, 0.15) is 62.2 Å². The van der Waals surface area contributed by atoms with E-state index in [0.717, 1.165) is 22.9 Å². The Morgan fingerprint density at radius 1 is 1.00 bits per heavy atom. The zero-order chi connectivity index (χ0) is 31.9. The van der Waals surface area contributed by atoms with E-state index in [2.05, 4.69) is 0 Å². The highest BCUT2D eigenvalue weighted by Crippen LogP contribution is 2.32. The van der Waals surface area contributed by atoms with Crippen LogP contribution >= 0.6 is 11.8 Å². The van der Waals surface area contributed by atoms with E-state index >= 15 is 0 Å². The lowest BCUT2D eigenvalue weighted by Crippen LogP contribution is -2.48. The molecule has 0 aliphatic heterocycles. The van der Waals surface area contributed by atoms with Crippen molar-refractivity contribution in [1.29, 1.82) is 0 Å². The first-order valence-electron chi connectivity index (χ1n) is 13.9. The maximum atomic E-state index is 13.0. The smallest absolute Gasteiger partial charge is 0.410 e. The van der Waals surface area contributed by atoms with Crippen LogP contribution in [0.2, 0.25) is 0 Å². The molecule has 4 N–H and O–H groups in total. The number of ether oxygens (including phenoxy) is 1. The molecule has 0 bridgehead atoms. The molecular formula is C32H41N3O6S2. The third-order valence-electron chi connectivity index (χ3n) is 6.48. The molecule has 0 heterocycles. The van der Waals surface area contributed by atoms with Crippen LogP contribution in [0.25, 0.3) is 11.1 Å². The van der Waals surface area contributed by atoms with E-state index in [0.29, 0.717) is 28.1 Å². The molecule has 0 aliphatic rings. The standard InChI is InChI=1S/C32H41N3O6S2/c1-21(2)42-29-19-25(13-16-27(29)30(37)34-43(6,39)40)23-9-7-22(8-10-23)17-18-41-31(38)35(32(3,4)5)20-28(36)24-11-14-26(33)15-12-24/h7-16,19,21,28,36H,17-18,20,33H2,1-6H3,(H,34,37)/t28-/m0/s1. The Labute approximate surface area is 258 Å². The maximum absolute atomic E-state index is 13.0. The number of anilines is 1. The van der Waals surface area contributed by atoms with Gasteiger partial charge in [0.15, 0.2) is 0 Å². The first kappa shape index (κ1) is 34.0. The molecule has 0 radical (unpaired) electrons. The Kier molecular flexibility index (Phi) is 11.3. The van der Waals surface area contributed by atoms with Crippen molar-refractivity contribution < 1.29 is 27.9 Å². The van der Waals surface area contributed by atoms with Crippen LogP contribution in [0.4, 0.5) is 10.5 Å². The van der Waals surface area contributed by atoms with E-state index in [1.54, 1.807) is 36.4 Å². The summed E-state index contributed by atoms with van der Waals surface area (Å²) in [6.07, 6.45) is 0.0608.